The molecular formula is C28H24O3Se. The van der Waals surface area contributed by atoms with Gasteiger partial charge in [0.05, 0.1) is 0 Å². The van der Waals surface area contributed by atoms with Crippen LogP contribution in [0.2, 0.25) is 0 Å². The van der Waals surface area contributed by atoms with Crippen LogP contribution in [0.3, 0.4) is 0 Å². The summed E-state index contributed by atoms with van der Waals surface area (Å²) >= 11 is -0.0582. The van der Waals surface area contributed by atoms with E-state index in [1.54, 1.807) is 6.07 Å². The van der Waals surface area contributed by atoms with Gasteiger partial charge in [0.1, 0.15) is 0 Å². The molecule has 4 heteroatoms. The third-order valence-corrected chi connectivity index (χ3v) is 7.24. The Balaban J connectivity index is 1.60. The van der Waals surface area contributed by atoms with Crippen LogP contribution in [0.4, 0.5) is 0 Å². The first-order valence-corrected chi connectivity index (χ1v) is 12.1. The second kappa shape index (κ2) is 8.71. The molecule has 0 aliphatic heterocycles. The maximum absolute atomic E-state index is 11.0. The van der Waals surface area contributed by atoms with Gasteiger partial charge in [-0.25, -0.2) is 0 Å². The van der Waals surface area contributed by atoms with E-state index in [1.165, 1.54) is 44.4 Å². The van der Waals surface area contributed by atoms with E-state index in [-0.39, 0.29) is 31.7 Å². The van der Waals surface area contributed by atoms with Crippen LogP contribution in [0, 0.1) is 17.7 Å². The topological polar surface area (TPSA) is 57.5 Å². The second-order valence-corrected chi connectivity index (χ2v) is 10.5. The van der Waals surface area contributed by atoms with E-state index in [4.69, 9.17) is 5.11 Å². The molecule has 0 aromatic heterocycles. The molecule has 1 aliphatic carbocycles. The van der Waals surface area contributed by atoms with Crippen LogP contribution in [-0.4, -0.2) is 31.1 Å². The van der Waals surface area contributed by atoms with Crippen LogP contribution >= 0.6 is 0 Å². The third kappa shape index (κ3) is 4.50. The number of aromatic hydroxyl groups is 1. The summed E-state index contributed by atoms with van der Waals surface area (Å²) in [5.74, 6) is 1.64. The third-order valence-electron chi connectivity index (χ3n) is 5.78. The van der Waals surface area contributed by atoms with E-state index in [0.717, 1.165) is 6.42 Å². The number of phenols is 1. The van der Waals surface area contributed by atoms with E-state index >= 15 is 0 Å². The van der Waals surface area contributed by atoms with Crippen molar-refractivity contribution in [1.29, 1.82) is 0 Å². The van der Waals surface area contributed by atoms with Gasteiger partial charge in [0.25, 0.3) is 0 Å². The average molecular weight is 487 g/mol. The first kappa shape index (κ1) is 22.0. The van der Waals surface area contributed by atoms with E-state index in [1.807, 2.05) is 0 Å². The van der Waals surface area contributed by atoms with Crippen molar-refractivity contribution >= 4 is 31.0 Å². The molecule has 0 radical (unpaired) electrons. The Morgan fingerprint density at radius 2 is 1.78 bits per heavy atom. The molecule has 0 heterocycles. The first-order chi connectivity index (χ1) is 15.2. The quantitative estimate of drug-likeness (QED) is 0.410. The Hall–Kier alpha value is -3.25. The van der Waals surface area contributed by atoms with Crippen molar-refractivity contribution in [1.82, 2.24) is 0 Å². The number of carboxylic acid groups (broad SMARTS) is 1. The molecule has 0 unspecified atom stereocenters. The first-order valence-electron chi connectivity index (χ1n) is 10.4. The van der Waals surface area contributed by atoms with Gasteiger partial charge in [0.2, 0.25) is 0 Å². The van der Waals surface area contributed by atoms with Crippen LogP contribution < -0.4 is 4.46 Å². The van der Waals surface area contributed by atoms with Gasteiger partial charge in [-0.15, -0.1) is 0 Å². The van der Waals surface area contributed by atoms with Crippen LogP contribution in [0.1, 0.15) is 58.4 Å². The van der Waals surface area contributed by atoms with Gasteiger partial charge in [0, 0.05) is 0 Å². The van der Waals surface area contributed by atoms with Gasteiger partial charge in [-0.2, -0.15) is 0 Å². The number of aryl methyl sites for hydroxylation is 1. The predicted octanol–water partition coefficient (Wildman–Crippen LogP) is 4.85. The molecule has 3 aromatic carbocycles. The fourth-order valence-corrected chi connectivity index (χ4v) is 5.16. The van der Waals surface area contributed by atoms with Crippen LogP contribution in [0.25, 0.3) is 5.57 Å². The summed E-state index contributed by atoms with van der Waals surface area (Å²) in [7, 11) is 0. The minimum atomic E-state index is -1.15. The Bertz CT molecular complexity index is 1290. The summed E-state index contributed by atoms with van der Waals surface area (Å²) in [6, 6.07) is 19.8. The summed E-state index contributed by atoms with van der Waals surface area (Å²) in [6.45, 7) is 6.67. The number of aromatic carboxylic acids is 1. The molecule has 0 spiro atoms. The Kier molecular flexibility index (Phi) is 5.98. The van der Waals surface area contributed by atoms with Crippen molar-refractivity contribution in [2.45, 2.75) is 32.6 Å². The minimum absolute atomic E-state index is 0.0570. The van der Waals surface area contributed by atoms with Gasteiger partial charge in [0.15, 0.2) is 0 Å². The summed E-state index contributed by atoms with van der Waals surface area (Å²) in [5, 5.41) is 18.9. The standard InChI is InChI=1S/C28H24O3Se/c1-18-4-7-20(8-5-18)22-12-14-28(2,3)25-17-21(9-11-23(22)25)32-15-13-19-6-10-24(27(30)31)26(29)16-19/h4-12,16-17,29H,14H2,1-3H3,(H,30,31). The average Bonchev–Trinajstić information content (AvgIpc) is 2.75. The number of carbonyl (C=O) groups is 1. The number of carboxylic acids is 1. The zero-order chi connectivity index (χ0) is 22.9. The summed E-state index contributed by atoms with van der Waals surface area (Å²) in [5.41, 5.74) is 6.98. The number of hydrogen-bond acceptors (Lipinski definition) is 2. The maximum atomic E-state index is 11.0. The number of rotatable bonds is 3. The molecular weight excluding hydrogens is 463 g/mol. The van der Waals surface area contributed by atoms with E-state index in [2.05, 4.69) is 80.1 Å². The summed E-state index contributed by atoms with van der Waals surface area (Å²) < 4.78 is 1.20. The van der Waals surface area contributed by atoms with Gasteiger partial charge >= 0.3 is 195 Å². The molecule has 1 aliphatic rings. The van der Waals surface area contributed by atoms with Gasteiger partial charge in [-0.3, -0.25) is 0 Å². The second-order valence-electron chi connectivity index (χ2n) is 8.65. The van der Waals surface area contributed by atoms with Crippen molar-refractivity contribution in [2.24, 2.45) is 0 Å². The molecule has 32 heavy (non-hydrogen) atoms. The molecule has 4 rings (SSSR count). The fourth-order valence-electron chi connectivity index (χ4n) is 3.90. The van der Waals surface area contributed by atoms with Crippen molar-refractivity contribution in [3.05, 3.63) is 100 Å². The zero-order valence-electron chi connectivity index (χ0n) is 18.3. The molecule has 2 N–H and O–H groups in total. The summed E-state index contributed by atoms with van der Waals surface area (Å²) in [6.07, 6.45) is 3.34. The zero-order valence-corrected chi connectivity index (χ0v) is 20.0. The van der Waals surface area contributed by atoms with Crippen molar-refractivity contribution < 1.29 is 15.0 Å². The number of hydrogen-bond donors (Lipinski definition) is 2. The van der Waals surface area contributed by atoms with Gasteiger partial charge < -0.3 is 0 Å². The molecule has 3 nitrogen and oxygen atoms in total. The van der Waals surface area contributed by atoms with E-state index in [0.29, 0.717) is 5.56 Å². The van der Waals surface area contributed by atoms with E-state index < -0.39 is 5.97 Å². The van der Waals surface area contributed by atoms with Crippen molar-refractivity contribution in [3.8, 4) is 16.5 Å². The molecule has 0 atom stereocenters. The van der Waals surface area contributed by atoms with Crippen LogP contribution in [0.15, 0.2) is 66.7 Å². The van der Waals surface area contributed by atoms with Gasteiger partial charge in [-0.1, -0.05) is 0 Å². The number of fused-ring (bicyclic) bond motifs is 1. The molecule has 3 aromatic rings. The molecule has 0 saturated heterocycles. The van der Waals surface area contributed by atoms with E-state index in [9.17, 15) is 9.90 Å². The molecule has 0 amide bonds. The predicted molar refractivity (Wildman–Crippen MR) is 130 cm³/mol. The van der Waals surface area contributed by atoms with Gasteiger partial charge in [-0.05, 0) is 0 Å². The van der Waals surface area contributed by atoms with Crippen LogP contribution in [0.5, 0.6) is 5.75 Å². The monoisotopic (exact) mass is 488 g/mol. The number of allylic oxidation sites excluding steroid dienone is 1. The Morgan fingerprint density at radius 3 is 2.47 bits per heavy atom. The Morgan fingerprint density at radius 1 is 1.03 bits per heavy atom. The molecule has 0 saturated carbocycles. The number of benzene rings is 3. The summed E-state index contributed by atoms with van der Waals surface area (Å²) in [4.78, 5) is 14.3. The molecule has 160 valence electrons. The van der Waals surface area contributed by atoms with Crippen LogP contribution in [-0.2, 0) is 5.41 Å². The molecule has 0 bridgehead atoms. The molecule has 0 fully saturated rings. The van der Waals surface area contributed by atoms with Crippen molar-refractivity contribution in [3.63, 3.8) is 0 Å². The van der Waals surface area contributed by atoms with Crippen molar-refractivity contribution in [2.75, 3.05) is 0 Å². The normalized spacial score (nSPS) is 14.0. The Labute approximate surface area is 195 Å². The SMILES string of the molecule is Cc1ccc(C2=CCC(C)(C)c3cc([Se]C#Cc4ccc(C(=O)O)c(O)c4)ccc32)cc1. The fraction of sp³-hybridized carbons (Fsp3) is 0.179.